The van der Waals surface area contributed by atoms with Crippen molar-refractivity contribution in [2.75, 3.05) is 36.4 Å². The predicted molar refractivity (Wildman–Crippen MR) is 118 cm³/mol. The van der Waals surface area contributed by atoms with Gasteiger partial charge in [-0.1, -0.05) is 0 Å². The number of nitrogens with one attached hydrogen (secondary N) is 1. The van der Waals surface area contributed by atoms with Gasteiger partial charge < -0.3 is 19.9 Å². The first kappa shape index (κ1) is 22.1. The lowest BCUT2D eigenvalue weighted by Crippen LogP contribution is -2.48. The van der Waals surface area contributed by atoms with E-state index in [4.69, 9.17) is 4.74 Å². The van der Waals surface area contributed by atoms with Crippen LogP contribution in [0.3, 0.4) is 0 Å². The van der Waals surface area contributed by atoms with E-state index in [-0.39, 0.29) is 23.3 Å². The van der Waals surface area contributed by atoms with Gasteiger partial charge in [0.15, 0.2) is 0 Å². The standard InChI is InChI=1S/C22H26N4O5/c1-15(2)31-19-7-5-18(6-8-19)23-22(28)17-4-9-20(21(14-17)26(29)30)25-12-10-24(11-13-25)16(3)27/h4-9,14-15H,10-13H2,1-3H3,(H,23,28). The summed E-state index contributed by atoms with van der Waals surface area (Å²) in [4.78, 5) is 38.9. The molecule has 1 aliphatic rings. The number of nitro groups is 1. The molecule has 2 aromatic carbocycles. The average molecular weight is 426 g/mol. The van der Waals surface area contributed by atoms with Gasteiger partial charge in [0.1, 0.15) is 11.4 Å². The van der Waals surface area contributed by atoms with Crippen LogP contribution >= 0.6 is 0 Å². The van der Waals surface area contributed by atoms with Crippen LogP contribution in [0.5, 0.6) is 5.75 Å². The summed E-state index contributed by atoms with van der Waals surface area (Å²) >= 11 is 0. The fourth-order valence-electron chi connectivity index (χ4n) is 3.43. The molecule has 1 saturated heterocycles. The van der Waals surface area contributed by atoms with Gasteiger partial charge in [-0.05, 0) is 50.2 Å². The van der Waals surface area contributed by atoms with Crippen molar-refractivity contribution in [1.29, 1.82) is 0 Å². The van der Waals surface area contributed by atoms with Crippen LogP contribution in [0, 0.1) is 10.1 Å². The first-order valence-electron chi connectivity index (χ1n) is 10.1. The third-order valence-electron chi connectivity index (χ3n) is 4.98. The third-order valence-corrected chi connectivity index (χ3v) is 4.98. The van der Waals surface area contributed by atoms with Crippen LogP contribution in [0.25, 0.3) is 0 Å². The van der Waals surface area contributed by atoms with E-state index in [1.807, 2.05) is 18.7 Å². The number of nitrogens with zero attached hydrogens (tertiary/aromatic N) is 3. The van der Waals surface area contributed by atoms with Crippen LogP contribution in [0.1, 0.15) is 31.1 Å². The summed E-state index contributed by atoms with van der Waals surface area (Å²) in [7, 11) is 0. The summed E-state index contributed by atoms with van der Waals surface area (Å²) in [5, 5.41) is 14.4. The second-order valence-electron chi connectivity index (χ2n) is 7.60. The Morgan fingerprint density at radius 1 is 1.06 bits per heavy atom. The van der Waals surface area contributed by atoms with Crippen LogP contribution in [-0.4, -0.2) is 53.9 Å². The molecule has 0 aliphatic carbocycles. The van der Waals surface area contributed by atoms with Crippen molar-refractivity contribution in [3.8, 4) is 5.75 Å². The second-order valence-corrected chi connectivity index (χ2v) is 7.60. The minimum absolute atomic E-state index is 0.00929. The molecule has 0 atom stereocenters. The summed E-state index contributed by atoms with van der Waals surface area (Å²) in [6, 6.07) is 11.4. The summed E-state index contributed by atoms with van der Waals surface area (Å²) in [5.74, 6) is 0.247. The van der Waals surface area contributed by atoms with Crippen LogP contribution in [0.4, 0.5) is 17.1 Å². The molecule has 2 aromatic rings. The number of amides is 2. The molecule has 0 radical (unpaired) electrons. The van der Waals surface area contributed by atoms with E-state index in [0.29, 0.717) is 43.3 Å². The van der Waals surface area contributed by atoms with Crippen LogP contribution < -0.4 is 15.0 Å². The molecule has 1 aliphatic heterocycles. The van der Waals surface area contributed by atoms with Crippen LogP contribution in [0.2, 0.25) is 0 Å². The van der Waals surface area contributed by atoms with Crippen LogP contribution in [0.15, 0.2) is 42.5 Å². The average Bonchev–Trinajstić information content (AvgIpc) is 2.74. The summed E-state index contributed by atoms with van der Waals surface area (Å²) in [6.45, 7) is 7.37. The Hall–Kier alpha value is -3.62. The number of hydrogen-bond donors (Lipinski definition) is 1. The highest BCUT2D eigenvalue weighted by atomic mass is 16.6. The maximum Gasteiger partial charge on any atom is 0.293 e. The first-order valence-corrected chi connectivity index (χ1v) is 10.1. The van der Waals surface area contributed by atoms with Crippen molar-refractivity contribution >= 4 is 28.9 Å². The first-order chi connectivity index (χ1) is 14.7. The molecular weight excluding hydrogens is 400 g/mol. The molecule has 0 spiro atoms. The molecule has 1 fully saturated rings. The maximum absolute atomic E-state index is 12.6. The molecule has 0 aromatic heterocycles. The number of carbonyl (C=O) groups is 2. The molecule has 3 rings (SSSR count). The Morgan fingerprint density at radius 2 is 1.71 bits per heavy atom. The van der Waals surface area contributed by atoms with E-state index >= 15 is 0 Å². The monoisotopic (exact) mass is 426 g/mol. The van der Waals surface area contributed by atoms with Crippen molar-refractivity contribution < 1.29 is 19.2 Å². The van der Waals surface area contributed by atoms with Gasteiger partial charge in [0, 0.05) is 50.4 Å². The minimum atomic E-state index is -0.485. The van der Waals surface area contributed by atoms with Gasteiger partial charge in [-0.3, -0.25) is 19.7 Å². The lowest BCUT2D eigenvalue weighted by Gasteiger charge is -2.35. The van der Waals surface area contributed by atoms with E-state index in [2.05, 4.69) is 5.32 Å². The molecule has 31 heavy (non-hydrogen) atoms. The summed E-state index contributed by atoms with van der Waals surface area (Å²) < 4.78 is 5.58. The Kier molecular flexibility index (Phi) is 6.74. The number of anilines is 2. The van der Waals surface area contributed by atoms with Crippen molar-refractivity contribution in [3.05, 3.63) is 58.1 Å². The minimum Gasteiger partial charge on any atom is -0.491 e. The Bertz CT molecular complexity index is 966. The van der Waals surface area contributed by atoms with Gasteiger partial charge in [-0.2, -0.15) is 0 Å². The number of hydrogen-bond acceptors (Lipinski definition) is 6. The Balaban J connectivity index is 1.73. The van der Waals surface area contributed by atoms with Crippen molar-refractivity contribution in [1.82, 2.24) is 4.90 Å². The Labute approximate surface area is 180 Å². The molecule has 9 nitrogen and oxygen atoms in total. The highest BCUT2D eigenvalue weighted by Crippen LogP contribution is 2.30. The molecule has 0 bridgehead atoms. The number of carbonyl (C=O) groups excluding carboxylic acids is 2. The normalized spacial score (nSPS) is 13.8. The van der Waals surface area contributed by atoms with Gasteiger partial charge in [0.25, 0.3) is 11.6 Å². The zero-order valence-corrected chi connectivity index (χ0v) is 17.8. The topological polar surface area (TPSA) is 105 Å². The summed E-state index contributed by atoms with van der Waals surface area (Å²) in [5.41, 5.74) is 1.07. The smallest absolute Gasteiger partial charge is 0.293 e. The number of rotatable bonds is 6. The largest absolute Gasteiger partial charge is 0.491 e. The molecule has 1 N–H and O–H groups in total. The highest BCUT2D eigenvalue weighted by molar-refractivity contribution is 6.05. The van der Waals surface area contributed by atoms with Crippen LogP contribution in [-0.2, 0) is 4.79 Å². The van der Waals surface area contributed by atoms with Crippen molar-refractivity contribution in [3.63, 3.8) is 0 Å². The number of nitro benzene ring substituents is 1. The number of piperazine rings is 1. The van der Waals surface area contributed by atoms with Crippen molar-refractivity contribution in [2.24, 2.45) is 0 Å². The third kappa shape index (κ3) is 5.50. The zero-order chi connectivity index (χ0) is 22.5. The molecular formula is C22H26N4O5. The lowest BCUT2D eigenvalue weighted by atomic mass is 10.1. The van der Waals surface area contributed by atoms with Gasteiger partial charge in [0.05, 0.1) is 11.0 Å². The Morgan fingerprint density at radius 3 is 2.26 bits per heavy atom. The van der Waals surface area contributed by atoms with Gasteiger partial charge in [0.2, 0.25) is 5.91 Å². The van der Waals surface area contributed by atoms with E-state index in [1.54, 1.807) is 41.3 Å². The van der Waals surface area contributed by atoms with E-state index in [9.17, 15) is 19.7 Å². The molecule has 9 heteroatoms. The van der Waals surface area contributed by atoms with E-state index < -0.39 is 10.8 Å². The molecule has 0 saturated carbocycles. The summed E-state index contributed by atoms with van der Waals surface area (Å²) in [6.07, 6.45) is 0.0462. The van der Waals surface area contributed by atoms with Gasteiger partial charge in [-0.15, -0.1) is 0 Å². The zero-order valence-electron chi connectivity index (χ0n) is 17.8. The lowest BCUT2D eigenvalue weighted by molar-refractivity contribution is -0.384. The van der Waals surface area contributed by atoms with Gasteiger partial charge >= 0.3 is 0 Å². The highest BCUT2D eigenvalue weighted by Gasteiger charge is 2.26. The fourth-order valence-corrected chi connectivity index (χ4v) is 3.43. The quantitative estimate of drug-likeness (QED) is 0.561. The fraction of sp³-hybridized carbons (Fsp3) is 0.364. The SMILES string of the molecule is CC(=O)N1CCN(c2ccc(C(=O)Nc3ccc(OC(C)C)cc3)cc2[N+](=O)[O-])CC1. The van der Waals surface area contributed by atoms with Crippen molar-refractivity contribution in [2.45, 2.75) is 26.9 Å². The maximum atomic E-state index is 12.6. The predicted octanol–water partition coefficient (Wildman–Crippen LogP) is 3.30. The number of ether oxygens (including phenoxy) is 1. The number of benzene rings is 2. The van der Waals surface area contributed by atoms with E-state index in [0.717, 1.165) is 0 Å². The molecule has 0 unspecified atom stereocenters. The van der Waals surface area contributed by atoms with E-state index in [1.165, 1.54) is 13.0 Å². The van der Waals surface area contributed by atoms with Gasteiger partial charge in [-0.25, -0.2) is 0 Å². The molecule has 2 amide bonds. The molecule has 1 heterocycles. The second kappa shape index (κ2) is 9.46. The molecule has 164 valence electrons.